The summed E-state index contributed by atoms with van der Waals surface area (Å²) in [7, 11) is 0. The van der Waals surface area contributed by atoms with Crippen LogP contribution in [0.15, 0.2) is 53.7 Å². The average Bonchev–Trinajstić information content (AvgIpc) is 2.97. The fourth-order valence-corrected chi connectivity index (χ4v) is 2.94. The van der Waals surface area contributed by atoms with Crippen molar-refractivity contribution in [3.8, 4) is 6.07 Å². The molecule has 0 saturated heterocycles. The van der Waals surface area contributed by atoms with Gasteiger partial charge < -0.3 is 10.3 Å². The lowest BCUT2D eigenvalue weighted by Crippen LogP contribution is -2.22. The Bertz CT molecular complexity index is 864. The maximum Gasteiger partial charge on any atom is 0.237 e. The van der Waals surface area contributed by atoms with Crippen molar-refractivity contribution in [1.82, 2.24) is 9.97 Å². The molecule has 2 aromatic carbocycles. The number of imidazole rings is 1. The van der Waals surface area contributed by atoms with Gasteiger partial charge in [0, 0.05) is 5.69 Å². The third-order valence-electron chi connectivity index (χ3n) is 3.28. The highest BCUT2D eigenvalue weighted by atomic mass is 32.2. The lowest BCUT2D eigenvalue weighted by molar-refractivity contribution is -0.115. The minimum absolute atomic E-state index is 0.134. The van der Waals surface area contributed by atoms with Crippen LogP contribution in [0.25, 0.3) is 11.0 Å². The van der Waals surface area contributed by atoms with Gasteiger partial charge in [-0.2, -0.15) is 5.26 Å². The Morgan fingerprint density at radius 1 is 1.30 bits per heavy atom. The molecular formula is C17H14N4OS. The summed E-state index contributed by atoms with van der Waals surface area (Å²) >= 11 is 1.36. The molecule has 23 heavy (non-hydrogen) atoms. The first-order chi connectivity index (χ1) is 11.2. The number of para-hydroxylation sites is 2. The molecular weight excluding hydrogens is 308 g/mol. The van der Waals surface area contributed by atoms with Crippen molar-refractivity contribution in [2.75, 3.05) is 5.32 Å². The predicted octanol–water partition coefficient (Wildman–Crippen LogP) is 3.55. The number of aromatic nitrogens is 2. The second-order valence-electron chi connectivity index (χ2n) is 5.00. The quantitative estimate of drug-likeness (QED) is 0.720. The van der Waals surface area contributed by atoms with E-state index in [2.05, 4.69) is 21.4 Å². The number of anilines is 1. The SMILES string of the molecule is CC(Sc1nc2ccccc2[nH]1)C(=O)Nc1cccc(C#N)c1. The Morgan fingerprint density at radius 2 is 2.13 bits per heavy atom. The lowest BCUT2D eigenvalue weighted by Gasteiger charge is -2.10. The molecule has 5 nitrogen and oxygen atoms in total. The maximum absolute atomic E-state index is 12.3. The number of hydrogen-bond acceptors (Lipinski definition) is 4. The molecule has 2 N–H and O–H groups in total. The van der Waals surface area contributed by atoms with Crippen LogP contribution in [-0.2, 0) is 4.79 Å². The maximum atomic E-state index is 12.3. The van der Waals surface area contributed by atoms with Gasteiger partial charge in [0.25, 0.3) is 0 Å². The molecule has 1 unspecified atom stereocenters. The zero-order valence-corrected chi connectivity index (χ0v) is 13.2. The molecule has 0 aliphatic rings. The molecule has 3 rings (SSSR count). The Morgan fingerprint density at radius 3 is 2.91 bits per heavy atom. The highest BCUT2D eigenvalue weighted by Crippen LogP contribution is 2.24. The van der Waals surface area contributed by atoms with E-state index >= 15 is 0 Å². The van der Waals surface area contributed by atoms with E-state index < -0.39 is 0 Å². The summed E-state index contributed by atoms with van der Waals surface area (Å²) in [6.45, 7) is 1.82. The van der Waals surface area contributed by atoms with Gasteiger partial charge in [-0.05, 0) is 37.3 Å². The summed E-state index contributed by atoms with van der Waals surface area (Å²) in [5.74, 6) is -0.134. The van der Waals surface area contributed by atoms with E-state index in [-0.39, 0.29) is 11.2 Å². The summed E-state index contributed by atoms with van der Waals surface area (Å²) in [6, 6.07) is 16.6. The molecule has 0 radical (unpaired) electrons. The molecule has 6 heteroatoms. The first kappa shape index (κ1) is 15.1. The Labute approximate surface area is 137 Å². The first-order valence-electron chi connectivity index (χ1n) is 7.08. The van der Waals surface area contributed by atoms with Gasteiger partial charge in [0.1, 0.15) is 0 Å². The largest absolute Gasteiger partial charge is 0.333 e. The molecule has 114 valence electrons. The Hall–Kier alpha value is -2.78. The predicted molar refractivity (Wildman–Crippen MR) is 91.2 cm³/mol. The summed E-state index contributed by atoms with van der Waals surface area (Å²) in [5, 5.41) is 12.1. The van der Waals surface area contributed by atoms with Crippen LogP contribution in [0, 0.1) is 11.3 Å². The summed E-state index contributed by atoms with van der Waals surface area (Å²) in [4.78, 5) is 19.9. The summed E-state index contributed by atoms with van der Waals surface area (Å²) in [6.07, 6.45) is 0. The molecule has 0 fully saturated rings. The van der Waals surface area contributed by atoms with Gasteiger partial charge in [-0.15, -0.1) is 0 Å². The second-order valence-corrected chi connectivity index (χ2v) is 6.33. The standard InChI is InChI=1S/C17H14N4OS/c1-11(16(22)19-13-6-4-5-12(9-13)10-18)23-17-20-14-7-2-3-8-15(14)21-17/h2-9,11H,1H3,(H,19,22)(H,20,21). The van der Waals surface area contributed by atoms with Crippen LogP contribution >= 0.6 is 11.8 Å². The number of amides is 1. The fraction of sp³-hybridized carbons (Fsp3) is 0.118. The van der Waals surface area contributed by atoms with Crippen LogP contribution < -0.4 is 5.32 Å². The van der Waals surface area contributed by atoms with E-state index in [1.807, 2.05) is 31.2 Å². The van der Waals surface area contributed by atoms with E-state index in [9.17, 15) is 4.79 Å². The van der Waals surface area contributed by atoms with E-state index in [0.717, 1.165) is 11.0 Å². The Balaban J connectivity index is 1.68. The number of H-pyrrole nitrogens is 1. The molecule has 0 saturated carbocycles. The van der Waals surface area contributed by atoms with Gasteiger partial charge in [-0.3, -0.25) is 4.79 Å². The number of rotatable bonds is 4. The highest BCUT2D eigenvalue weighted by Gasteiger charge is 2.16. The van der Waals surface area contributed by atoms with Crippen molar-refractivity contribution < 1.29 is 4.79 Å². The molecule has 1 heterocycles. The number of benzene rings is 2. The van der Waals surface area contributed by atoms with Crippen LogP contribution in [-0.4, -0.2) is 21.1 Å². The molecule has 1 atom stereocenters. The van der Waals surface area contributed by atoms with Crippen LogP contribution in [0.2, 0.25) is 0 Å². The number of carbonyl (C=O) groups is 1. The number of nitriles is 1. The van der Waals surface area contributed by atoms with E-state index in [0.29, 0.717) is 16.4 Å². The summed E-state index contributed by atoms with van der Waals surface area (Å²) < 4.78 is 0. The van der Waals surface area contributed by atoms with Crippen molar-refractivity contribution in [3.05, 3.63) is 54.1 Å². The van der Waals surface area contributed by atoms with Crippen LogP contribution in [0.5, 0.6) is 0 Å². The number of nitrogens with one attached hydrogen (secondary N) is 2. The van der Waals surface area contributed by atoms with Gasteiger partial charge in [-0.25, -0.2) is 4.98 Å². The minimum atomic E-state index is -0.318. The van der Waals surface area contributed by atoms with Crippen molar-refractivity contribution in [1.29, 1.82) is 5.26 Å². The first-order valence-corrected chi connectivity index (χ1v) is 7.96. The number of aromatic amines is 1. The van der Waals surface area contributed by atoms with Gasteiger partial charge in [0.15, 0.2) is 5.16 Å². The van der Waals surface area contributed by atoms with Crippen molar-refractivity contribution >= 4 is 34.4 Å². The van der Waals surface area contributed by atoms with Crippen molar-refractivity contribution in [2.24, 2.45) is 0 Å². The smallest absolute Gasteiger partial charge is 0.237 e. The van der Waals surface area contributed by atoms with E-state index in [1.165, 1.54) is 11.8 Å². The van der Waals surface area contributed by atoms with Crippen molar-refractivity contribution in [2.45, 2.75) is 17.3 Å². The number of nitrogens with zero attached hydrogens (tertiary/aromatic N) is 2. The fourth-order valence-electron chi connectivity index (χ4n) is 2.12. The normalized spacial score (nSPS) is 11.8. The zero-order valence-electron chi connectivity index (χ0n) is 12.4. The molecule has 1 amide bonds. The molecule has 0 bridgehead atoms. The van der Waals surface area contributed by atoms with Crippen LogP contribution in [0.1, 0.15) is 12.5 Å². The Kier molecular flexibility index (Phi) is 4.31. The molecule has 3 aromatic rings. The topological polar surface area (TPSA) is 81.6 Å². The van der Waals surface area contributed by atoms with Crippen LogP contribution in [0.3, 0.4) is 0 Å². The van der Waals surface area contributed by atoms with Gasteiger partial charge in [-0.1, -0.05) is 30.0 Å². The zero-order chi connectivity index (χ0) is 16.2. The number of carbonyl (C=O) groups excluding carboxylic acids is 1. The van der Waals surface area contributed by atoms with Gasteiger partial charge in [0.2, 0.25) is 5.91 Å². The molecule has 0 aliphatic carbocycles. The second kappa shape index (κ2) is 6.55. The highest BCUT2D eigenvalue weighted by molar-refractivity contribution is 8.00. The van der Waals surface area contributed by atoms with Crippen LogP contribution in [0.4, 0.5) is 5.69 Å². The third-order valence-corrected chi connectivity index (χ3v) is 4.27. The number of fused-ring (bicyclic) bond motifs is 1. The molecule has 0 aliphatic heterocycles. The molecule has 1 aromatic heterocycles. The third kappa shape index (κ3) is 3.52. The summed E-state index contributed by atoms with van der Waals surface area (Å²) in [5.41, 5.74) is 2.96. The van der Waals surface area contributed by atoms with Gasteiger partial charge >= 0.3 is 0 Å². The van der Waals surface area contributed by atoms with Gasteiger partial charge in [0.05, 0.1) is 27.9 Å². The van der Waals surface area contributed by atoms with E-state index in [4.69, 9.17) is 5.26 Å². The van der Waals surface area contributed by atoms with Crippen molar-refractivity contribution in [3.63, 3.8) is 0 Å². The lowest BCUT2D eigenvalue weighted by atomic mass is 10.2. The van der Waals surface area contributed by atoms with E-state index in [1.54, 1.807) is 24.3 Å². The number of hydrogen-bond donors (Lipinski definition) is 2. The minimum Gasteiger partial charge on any atom is -0.333 e. The number of thioether (sulfide) groups is 1. The average molecular weight is 322 g/mol. The monoisotopic (exact) mass is 322 g/mol. The molecule has 0 spiro atoms.